The van der Waals surface area contributed by atoms with Gasteiger partial charge in [0, 0.05) is 30.6 Å². The van der Waals surface area contributed by atoms with Crippen LogP contribution in [-0.4, -0.2) is 40.3 Å². The van der Waals surface area contributed by atoms with Crippen molar-refractivity contribution in [2.24, 2.45) is 5.41 Å². The molecule has 1 N–H and O–H groups in total. The maximum atomic E-state index is 12.6. The summed E-state index contributed by atoms with van der Waals surface area (Å²) in [4.78, 5) is 0.637. The van der Waals surface area contributed by atoms with Gasteiger partial charge in [-0.2, -0.15) is 8.78 Å². The maximum Gasteiger partial charge on any atom is 0.387 e. The molecule has 2 bridgehead atoms. The average Bonchev–Trinajstić information content (AvgIpc) is 2.83. The Morgan fingerprint density at radius 3 is 2.35 bits per heavy atom. The van der Waals surface area contributed by atoms with Crippen molar-refractivity contribution in [3.8, 4) is 5.75 Å². The number of ether oxygens (including phenoxy) is 1. The number of halogens is 2. The van der Waals surface area contributed by atoms with E-state index in [1.54, 1.807) is 12.1 Å². The molecule has 4 nitrogen and oxygen atoms in total. The summed E-state index contributed by atoms with van der Waals surface area (Å²) in [5.74, 6) is 0.0933. The van der Waals surface area contributed by atoms with E-state index in [1.165, 1.54) is 37.8 Å². The van der Waals surface area contributed by atoms with Gasteiger partial charge >= 0.3 is 6.61 Å². The monoisotopic (exact) mass is 342 g/mol. The first-order valence-corrected chi connectivity index (χ1v) is 9.11. The van der Waals surface area contributed by atoms with Crippen LogP contribution in [-0.2, 0) is 11.0 Å². The van der Waals surface area contributed by atoms with Crippen molar-refractivity contribution < 1.29 is 17.7 Å². The van der Waals surface area contributed by atoms with Gasteiger partial charge in [0.2, 0.25) is 0 Å². The molecule has 3 aliphatic rings. The quantitative estimate of drug-likeness (QED) is 0.914. The minimum absolute atomic E-state index is 0.0933. The van der Waals surface area contributed by atoms with Gasteiger partial charge in [-0.05, 0) is 49.9 Å². The van der Waals surface area contributed by atoms with Crippen LogP contribution in [0.25, 0.3) is 0 Å². The highest BCUT2D eigenvalue weighted by molar-refractivity contribution is 7.82. The normalized spacial score (nSPS) is 30.4. The fourth-order valence-corrected chi connectivity index (χ4v) is 5.77. The smallest absolute Gasteiger partial charge is 0.387 e. The summed E-state index contributed by atoms with van der Waals surface area (Å²) in [6.07, 6.45) is 4.89. The molecule has 3 unspecified atom stereocenters. The van der Waals surface area contributed by atoms with E-state index in [0.29, 0.717) is 22.4 Å². The third kappa shape index (κ3) is 3.02. The Bertz CT molecular complexity index is 591. The zero-order valence-electron chi connectivity index (χ0n) is 12.7. The molecule has 7 heteroatoms. The highest BCUT2D eigenvalue weighted by atomic mass is 32.2. The highest BCUT2D eigenvalue weighted by Crippen LogP contribution is 2.47. The molecule has 4 rings (SSSR count). The molecular weight excluding hydrogens is 322 g/mol. The first-order chi connectivity index (χ1) is 11.0. The van der Waals surface area contributed by atoms with Gasteiger partial charge in [0.05, 0.1) is 4.90 Å². The van der Waals surface area contributed by atoms with Gasteiger partial charge < -0.3 is 10.1 Å². The first-order valence-electron chi connectivity index (χ1n) is 8.01. The minimum Gasteiger partial charge on any atom is -0.435 e. The molecule has 0 amide bonds. The Morgan fingerprint density at radius 1 is 1.17 bits per heavy atom. The second-order valence-electron chi connectivity index (χ2n) is 6.94. The molecule has 3 aliphatic heterocycles. The van der Waals surface area contributed by atoms with E-state index in [4.69, 9.17) is 0 Å². The molecule has 3 heterocycles. The number of rotatable bonds is 4. The molecule has 1 aromatic rings. The largest absolute Gasteiger partial charge is 0.435 e. The molecule has 1 spiro atoms. The molecule has 0 aliphatic carbocycles. The number of hydrogen-bond acceptors (Lipinski definition) is 3. The van der Waals surface area contributed by atoms with Crippen LogP contribution in [0.15, 0.2) is 29.2 Å². The molecule has 23 heavy (non-hydrogen) atoms. The van der Waals surface area contributed by atoms with Gasteiger partial charge in [-0.25, -0.2) is 8.51 Å². The van der Waals surface area contributed by atoms with Crippen molar-refractivity contribution in [3.05, 3.63) is 24.3 Å². The predicted octanol–water partition coefficient (Wildman–Crippen LogP) is 2.53. The summed E-state index contributed by atoms with van der Waals surface area (Å²) >= 11 is 0. The Labute approximate surface area is 136 Å². The fourth-order valence-electron chi connectivity index (χ4n) is 4.32. The number of benzene rings is 1. The van der Waals surface area contributed by atoms with Crippen LogP contribution >= 0.6 is 0 Å². The molecule has 3 atom stereocenters. The van der Waals surface area contributed by atoms with Gasteiger partial charge in [-0.15, -0.1) is 0 Å². The van der Waals surface area contributed by atoms with E-state index in [9.17, 15) is 13.0 Å². The molecule has 0 saturated carbocycles. The molecule has 0 aromatic heterocycles. The van der Waals surface area contributed by atoms with E-state index in [2.05, 4.69) is 10.1 Å². The number of nitrogens with one attached hydrogen (secondary N) is 1. The number of piperidine rings is 1. The van der Waals surface area contributed by atoms with E-state index in [0.717, 1.165) is 13.1 Å². The number of hydrogen-bond donors (Lipinski definition) is 1. The molecule has 0 radical (unpaired) electrons. The minimum atomic E-state index is -2.84. The summed E-state index contributed by atoms with van der Waals surface area (Å²) < 4.78 is 43.2. The molecular formula is C16H20F2N2O2S. The summed E-state index contributed by atoms with van der Waals surface area (Å²) in [6, 6.07) is 7.36. The Morgan fingerprint density at radius 2 is 1.78 bits per heavy atom. The van der Waals surface area contributed by atoms with Gasteiger partial charge in [0.1, 0.15) is 16.7 Å². The molecule has 126 valence electrons. The van der Waals surface area contributed by atoms with Crippen LogP contribution in [0.5, 0.6) is 5.75 Å². The van der Waals surface area contributed by atoms with Gasteiger partial charge in [-0.1, -0.05) is 0 Å². The predicted molar refractivity (Wildman–Crippen MR) is 82.7 cm³/mol. The highest BCUT2D eigenvalue weighted by Gasteiger charge is 2.51. The van der Waals surface area contributed by atoms with E-state index in [-0.39, 0.29) is 5.75 Å². The van der Waals surface area contributed by atoms with Gasteiger partial charge in [0.25, 0.3) is 0 Å². The lowest BCUT2D eigenvalue weighted by Crippen LogP contribution is -2.62. The van der Waals surface area contributed by atoms with Crippen LogP contribution < -0.4 is 10.1 Å². The number of fused-ring (bicyclic) bond motifs is 2. The second kappa shape index (κ2) is 5.79. The molecule has 1 aromatic carbocycles. The number of alkyl halides is 2. The van der Waals surface area contributed by atoms with Crippen molar-refractivity contribution in [2.75, 3.05) is 13.1 Å². The van der Waals surface area contributed by atoms with Crippen molar-refractivity contribution >= 4 is 11.0 Å². The molecule has 3 saturated heterocycles. The summed E-state index contributed by atoms with van der Waals surface area (Å²) in [7, 11) is -1.22. The van der Waals surface area contributed by atoms with Crippen molar-refractivity contribution in [1.29, 1.82) is 0 Å². The zero-order chi connectivity index (χ0) is 16.0. The maximum absolute atomic E-state index is 12.6. The van der Waals surface area contributed by atoms with Crippen molar-refractivity contribution in [2.45, 2.75) is 49.3 Å². The van der Waals surface area contributed by atoms with Crippen molar-refractivity contribution in [1.82, 2.24) is 9.62 Å². The fraction of sp³-hybridized carbons (Fsp3) is 0.625. The molecule has 3 fully saturated rings. The Balaban J connectivity index is 1.37. The van der Waals surface area contributed by atoms with Crippen molar-refractivity contribution in [3.63, 3.8) is 0 Å². The van der Waals surface area contributed by atoms with E-state index < -0.39 is 17.6 Å². The lowest BCUT2D eigenvalue weighted by molar-refractivity contribution is -0.0498. The van der Waals surface area contributed by atoms with E-state index in [1.807, 2.05) is 4.31 Å². The lowest BCUT2D eigenvalue weighted by Gasteiger charge is -2.53. The van der Waals surface area contributed by atoms with Crippen LogP contribution in [0.2, 0.25) is 0 Å². The van der Waals surface area contributed by atoms with Gasteiger partial charge in [0.15, 0.2) is 0 Å². The van der Waals surface area contributed by atoms with E-state index >= 15 is 0 Å². The first kappa shape index (κ1) is 15.5. The van der Waals surface area contributed by atoms with Crippen LogP contribution in [0.4, 0.5) is 8.78 Å². The third-order valence-corrected chi connectivity index (χ3v) is 6.61. The number of nitrogens with zero attached hydrogens (tertiary/aromatic N) is 1. The second-order valence-corrected chi connectivity index (χ2v) is 8.43. The zero-order valence-corrected chi connectivity index (χ0v) is 13.5. The topological polar surface area (TPSA) is 41.6 Å². The average molecular weight is 342 g/mol. The SMILES string of the molecule is O=S(c1ccc(OC(F)F)cc1)N1CC2(CC3CCC(C2)N3)C1. The van der Waals surface area contributed by atoms with Crippen LogP contribution in [0.3, 0.4) is 0 Å². The Hall–Kier alpha value is -1.05. The van der Waals surface area contributed by atoms with Gasteiger partial charge in [-0.3, -0.25) is 0 Å². The summed E-state index contributed by atoms with van der Waals surface area (Å²) in [5.41, 5.74) is 0.325. The van der Waals surface area contributed by atoms with Crippen LogP contribution in [0.1, 0.15) is 25.7 Å². The third-order valence-electron chi connectivity index (χ3n) is 5.20. The summed E-state index contributed by atoms with van der Waals surface area (Å²) in [5, 5.41) is 3.64. The van der Waals surface area contributed by atoms with Crippen LogP contribution in [0, 0.1) is 5.41 Å². The standard InChI is InChI=1S/C16H20F2N2O2S/c17-15(18)22-13-3-5-14(6-4-13)23(21)20-9-16(10-20)7-11-1-2-12(8-16)19-11/h3-6,11-12,15,19H,1-2,7-10H2. The Kier molecular flexibility index (Phi) is 3.90. The summed E-state index contributed by atoms with van der Waals surface area (Å²) in [6.45, 7) is -1.11. The lowest BCUT2D eigenvalue weighted by atomic mass is 9.71.